The van der Waals surface area contributed by atoms with Gasteiger partial charge in [0.2, 0.25) is 0 Å². The molecular formula is C14H13ClN2O. The molecule has 2 aromatic rings. The zero-order valence-corrected chi connectivity index (χ0v) is 11.0. The molecule has 1 heterocycles. The summed E-state index contributed by atoms with van der Waals surface area (Å²) < 4.78 is 0. The Labute approximate surface area is 111 Å². The molecule has 1 aromatic carbocycles. The van der Waals surface area contributed by atoms with Crippen LogP contribution >= 0.6 is 11.6 Å². The van der Waals surface area contributed by atoms with Crippen LogP contribution in [0.2, 0.25) is 5.15 Å². The molecule has 1 aromatic heterocycles. The van der Waals surface area contributed by atoms with Crippen LogP contribution in [-0.4, -0.2) is 10.9 Å². The van der Waals surface area contributed by atoms with Crippen LogP contribution in [0.3, 0.4) is 0 Å². The lowest BCUT2D eigenvalue weighted by Crippen LogP contribution is -2.13. The first-order valence-corrected chi connectivity index (χ1v) is 5.95. The molecular weight excluding hydrogens is 248 g/mol. The SMILES string of the molecule is Cc1ccc(C(=O)Nc2ccc(Cl)nc2C)cc1. The molecule has 0 aliphatic rings. The summed E-state index contributed by atoms with van der Waals surface area (Å²) in [4.78, 5) is 16.1. The summed E-state index contributed by atoms with van der Waals surface area (Å²) in [7, 11) is 0. The zero-order valence-electron chi connectivity index (χ0n) is 10.2. The Bertz CT molecular complexity index is 579. The van der Waals surface area contributed by atoms with Crippen molar-refractivity contribution < 1.29 is 4.79 Å². The van der Waals surface area contributed by atoms with Crippen LogP contribution in [0.25, 0.3) is 0 Å². The number of hydrogen-bond acceptors (Lipinski definition) is 2. The van der Waals surface area contributed by atoms with E-state index >= 15 is 0 Å². The Balaban J connectivity index is 2.18. The van der Waals surface area contributed by atoms with Gasteiger partial charge in [-0.3, -0.25) is 4.79 Å². The van der Waals surface area contributed by atoms with Gasteiger partial charge in [0.15, 0.2) is 0 Å². The molecule has 0 saturated heterocycles. The summed E-state index contributed by atoms with van der Waals surface area (Å²) in [5, 5.41) is 3.23. The lowest BCUT2D eigenvalue weighted by molar-refractivity contribution is 0.102. The quantitative estimate of drug-likeness (QED) is 0.839. The molecule has 0 bridgehead atoms. The highest BCUT2D eigenvalue weighted by atomic mass is 35.5. The van der Waals surface area contributed by atoms with Crippen molar-refractivity contribution in [2.75, 3.05) is 5.32 Å². The van der Waals surface area contributed by atoms with Gasteiger partial charge in [-0.2, -0.15) is 0 Å². The normalized spacial score (nSPS) is 10.2. The van der Waals surface area contributed by atoms with Crippen LogP contribution < -0.4 is 5.32 Å². The molecule has 0 unspecified atom stereocenters. The number of aromatic nitrogens is 1. The molecule has 4 heteroatoms. The first kappa shape index (κ1) is 12.6. The first-order chi connectivity index (χ1) is 8.56. The molecule has 92 valence electrons. The van der Waals surface area contributed by atoms with E-state index in [9.17, 15) is 4.79 Å². The smallest absolute Gasteiger partial charge is 0.255 e. The third-order valence-corrected chi connectivity index (χ3v) is 2.82. The molecule has 2 rings (SSSR count). The number of anilines is 1. The second-order valence-electron chi connectivity index (χ2n) is 4.09. The number of halogens is 1. The van der Waals surface area contributed by atoms with Crippen molar-refractivity contribution in [1.82, 2.24) is 4.98 Å². The molecule has 0 atom stereocenters. The van der Waals surface area contributed by atoms with Crippen molar-refractivity contribution in [3.63, 3.8) is 0 Å². The lowest BCUT2D eigenvalue weighted by Gasteiger charge is -2.08. The maximum absolute atomic E-state index is 12.0. The molecule has 0 fully saturated rings. The minimum Gasteiger partial charge on any atom is -0.320 e. The third kappa shape index (κ3) is 2.87. The van der Waals surface area contributed by atoms with Gasteiger partial charge in [-0.25, -0.2) is 4.98 Å². The average molecular weight is 261 g/mol. The highest BCUT2D eigenvalue weighted by Crippen LogP contribution is 2.16. The number of nitrogens with zero attached hydrogens (tertiary/aromatic N) is 1. The van der Waals surface area contributed by atoms with Crippen LogP contribution in [0.15, 0.2) is 36.4 Å². The molecule has 0 spiro atoms. The molecule has 0 aliphatic carbocycles. The molecule has 1 N–H and O–H groups in total. The Kier molecular flexibility index (Phi) is 3.63. The monoisotopic (exact) mass is 260 g/mol. The zero-order chi connectivity index (χ0) is 13.1. The molecule has 1 amide bonds. The van der Waals surface area contributed by atoms with Gasteiger partial charge in [-0.05, 0) is 38.1 Å². The van der Waals surface area contributed by atoms with Gasteiger partial charge in [0.05, 0.1) is 11.4 Å². The number of carbonyl (C=O) groups is 1. The maximum atomic E-state index is 12.0. The fourth-order valence-electron chi connectivity index (χ4n) is 1.56. The molecule has 3 nitrogen and oxygen atoms in total. The van der Waals surface area contributed by atoms with Gasteiger partial charge < -0.3 is 5.32 Å². The fraction of sp³-hybridized carbons (Fsp3) is 0.143. The maximum Gasteiger partial charge on any atom is 0.255 e. The van der Waals surface area contributed by atoms with Crippen molar-refractivity contribution >= 4 is 23.2 Å². The highest BCUT2D eigenvalue weighted by molar-refractivity contribution is 6.29. The van der Waals surface area contributed by atoms with E-state index in [1.54, 1.807) is 31.2 Å². The standard InChI is InChI=1S/C14H13ClN2O/c1-9-3-5-11(6-4-9)14(18)17-12-7-8-13(15)16-10(12)2/h3-8H,1-2H3,(H,17,18). The van der Waals surface area contributed by atoms with E-state index in [-0.39, 0.29) is 5.91 Å². The number of carbonyl (C=O) groups excluding carboxylic acids is 1. The fourth-order valence-corrected chi connectivity index (χ4v) is 1.75. The van der Waals surface area contributed by atoms with Crippen molar-refractivity contribution in [2.45, 2.75) is 13.8 Å². The second kappa shape index (κ2) is 5.19. The van der Waals surface area contributed by atoms with Crippen molar-refractivity contribution in [3.8, 4) is 0 Å². The Morgan fingerprint density at radius 2 is 1.78 bits per heavy atom. The van der Waals surface area contributed by atoms with E-state index < -0.39 is 0 Å². The van der Waals surface area contributed by atoms with E-state index in [0.717, 1.165) is 5.56 Å². The van der Waals surface area contributed by atoms with Crippen molar-refractivity contribution in [1.29, 1.82) is 0 Å². The van der Waals surface area contributed by atoms with Crippen molar-refractivity contribution in [3.05, 3.63) is 58.4 Å². The molecule has 0 radical (unpaired) electrons. The van der Waals surface area contributed by atoms with Crippen molar-refractivity contribution in [2.24, 2.45) is 0 Å². The van der Waals surface area contributed by atoms with Crippen LogP contribution in [-0.2, 0) is 0 Å². The summed E-state index contributed by atoms with van der Waals surface area (Å²) in [6, 6.07) is 10.8. The van der Waals surface area contributed by atoms with Gasteiger partial charge in [-0.15, -0.1) is 0 Å². The third-order valence-electron chi connectivity index (χ3n) is 2.61. The Morgan fingerprint density at radius 1 is 1.11 bits per heavy atom. The number of amides is 1. The molecule has 0 saturated carbocycles. The number of benzene rings is 1. The van der Waals surface area contributed by atoms with E-state index in [1.165, 1.54) is 0 Å². The van der Waals surface area contributed by atoms with Crippen LogP contribution in [0.4, 0.5) is 5.69 Å². The summed E-state index contributed by atoms with van der Waals surface area (Å²) in [6.45, 7) is 3.78. The topological polar surface area (TPSA) is 42.0 Å². The highest BCUT2D eigenvalue weighted by Gasteiger charge is 2.08. The number of aryl methyl sites for hydroxylation is 2. The average Bonchev–Trinajstić information content (AvgIpc) is 2.33. The predicted molar refractivity (Wildman–Crippen MR) is 73.1 cm³/mol. The van der Waals surface area contributed by atoms with Gasteiger partial charge >= 0.3 is 0 Å². The van der Waals surface area contributed by atoms with E-state index in [1.807, 2.05) is 19.1 Å². The van der Waals surface area contributed by atoms with Gasteiger partial charge in [0, 0.05) is 5.56 Å². The summed E-state index contributed by atoms with van der Waals surface area (Å²) in [6.07, 6.45) is 0. The molecule has 18 heavy (non-hydrogen) atoms. The van der Waals surface area contributed by atoms with Crippen LogP contribution in [0.5, 0.6) is 0 Å². The van der Waals surface area contributed by atoms with Gasteiger partial charge in [0.25, 0.3) is 5.91 Å². The predicted octanol–water partition coefficient (Wildman–Crippen LogP) is 3.60. The number of pyridine rings is 1. The second-order valence-corrected chi connectivity index (χ2v) is 4.47. The lowest BCUT2D eigenvalue weighted by atomic mass is 10.1. The van der Waals surface area contributed by atoms with E-state index in [4.69, 9.17) is 11.6 Å². The summed E-state index contributed by atoms with van der Waals surface area (Å²) in [5.41, 5.74) is 3.11. The largest absolute Gasteiger partial charge is 0.320 e. The molecule has 0 aliphatic heterocycles. The van der Waals surface area contributed by atoms with Gasteiger partial charge in [-0.1, -0.05) is 29.3 Å². The number of rotatable bonds is 2. The van der Waals surface area contributed by atoms with E-state index in [0.29, 0.717) is 22.1 Å². The minimum absolute atomic E-state index is 0.151. The number of nitrogens with one attached hydrogen (secondary N) is 1. The summed E-state index contributed by atoms with van der Waals surface area (Å²) in [5.74, 6) is -0.151. The Morgan fingerprint density at radius 3 is 2.39 bits per heavy atom. The van der Waals surface area contributed by atoms with Crippen LogP contribution in [0.1, 0.15) is 21.6 Å². The number of hydrogen-bond donors (Lipinski definition) is 1. The van der Waals surface area contributed by atoms with Crippen LogP contribution in [0, 0.1) is 13.8 Å². The van der Waals surface area contributed by atoms with E-state index in [2.05, 4.69) is 10.3 Å². The minimum atomic E-state index is -0.151. The Hall–Kier alpha value is -1.87. The van der Waals surface area contributed by atoms with Gasteiger partial charge in [0.1, 0.15) is 5.15 Å². The first-order valence-electron chi connectivity index (χ1n) is 5.57. The summed E-state index contributed by atoms with van der Waals surface area (Å²) >= 11 is 5.76.